The Morgan fingerprint density at radius 3 is 2.51 bits per heavy atom. The van der Waals surface area contributed by atoms with Crippen LogP contribution in [0.1, 0.15) is 36.9 Å². The zero-order valence-corrected chi connectivity index (χ0v) is 21.0. The van der Waals surface area contributed by atoms with Crippen molar-refractivity contribution in [2.24, 2.45) is 10.1 Å². The van der Waals surface area contributed by atoms with Crippen molar-refractivity contribution in [3.8, 4) is 5.75 Å². The van der Waals surface area contributed by atoms with Gasteiger partial charge in [0.15, 0.2) is 5.17 Å². The van der Waals surface area contributed by atoms with E-state index in [-0.39, 0.29) is 30.1 Å². The summed E-state index contributed by atoms with van der Waals surface area (Å²) in [6, 6.07) is 22.9. The number of hydrazone groups is 1. The van der Waals surface area contributed by atoms with Gasteiger partial charge in [-0.25, -0.2) is 9.40 Å². The van der Waals surface area contributed by atoms with Gasteiger partial charge in [-0.15, -0.1) is 0 Å². The van der Waals surface area contributed by atoms with E-state index in [1.54, 1.807) is 41.4 Å². The summed E-state index contributed by atoms with van der Waals surface area (Å²) in [6.45, 7) is 2.46. The number of hydrogen-bond donors (Lipinski definition) is 1. The molecule has 0 saturated heterocycles. The van der Waals surface area contributed by atoms with Crippen LogP contribution in [0.15, 0.2) is 89.0 Å². The second kappa shape index (κ2) is 11.0. The highest BCUT2D eigenvalue weighted by Crippen LogP contribution is 2.38. The molecule has 2 aliphatic heterocycles. The highest BCUT2D eigenvalue weighted by molar-refractivity contribution is 8.15. The van der Waals surface area contributed by atoms with Crippen LogP contribution in [0.25, 0.3) is 0 Å². The number of nitrogens with zero attached hydrogens (tertiary/aromatic N) is 3. The number of benzene rings is 3. The summed E-state index contributed by atoms with van der Waals surface area (Å²) >= 11 is 1.23. The minimum Gasteiger partial charge on any atom is -0.494 e. The van der Waals surface area contributed by atoms with Crippen LogP contribution in [0.3, 0.4) is 0 Å². The molecule has 188 valence electrons. The summed E-state index contributed by atoms with van der Waals surface area (Å²) in [4.78, 5) is 29.7. The van der Waals surface area contributed by atoms with Crippen LogP contribution in [-0.4, -0.2) is 39.6 Å². The number of carbonyl (C=O) groups excluding carboxylic acids is 2. The van der Waals surface area contributed by atoms with Gasteiger partial charge in [0.05, 0.1) is 18.4 Å². The predicted molar refractivity (Wildman–Crippen MR) is 143 cm³/mol. The van der Waals surface area contributed by atoms with Crippen LogP contribution < -0.4 is 10.1 Å². The number of thioether (sulfide) groups is 1. The Labute approximate surface area is 218 Å². The fourth-order valence-electron chi connectivity index (χ4n) is 4.22. The molecule has 0 saturated carbocycles. The van der Waals surface area contributed by atoms with Crippen molar-refractivity contribution in [1.82, 2.24) is 5.01 Å². The minimum atomic E-state index is -0.650. The standard InChI is InChI=1S/C28H25FN4O3S/c1-2-36-22-14-12-21(13-15-22)30-26(34)17-25-27(35)31-28(37-25)33-24(19-8-10-20(29)11-9-19)16-23(32-33)18-6-4-3-5-7-18/h3-15,24-25H,2,16-17H2,1H3,(H,30,34)/t24-,25+/m1/s1. The zero-order valence-electron chi connectivity index (χ0n) is 20.1. The van der Waals surface area contributed by atoms with Gasteiger partial charge in [0.25, 0.3) is 5.91 Å². The molecule has 2 heterocycles. The SMILES string of the molecule is CCOc1ccc(NC(=O)C[C@@H]2SC(N3N=C(c4ccccc4)C[C@@H]3c3ccc(F)cc3)=NC2=O)cc1. The van der Waals surface area contributed by atoms with E-state index < -0.39 is 5.25 Å². The second-order valence-corrected chi connectivity index (χ2v) is 9.75. The molecule has 3 aromatic rings. The molecule has 0 bridgehead atoms. The van der Waals surface area contributed by atoms with Crippen LogP contribution >= 0.6 is 11.8 Å². The molecular formula is C28H25FN4O3S. The third-order valence-corrected chi connectivity index (χ3v) is 7.16. The number of carbonyl (C=O) groups is 2. The molecule has 0 aliphatic carbocycles. The lowest BCUT2D eigenvalue weighted by atomic mass is 9.99. The van der Waals surface area contributed by atoms with Gasteiger partial charge in [-0.1, -0.05) is 54.2 Å². The van der Waals surface area contributed by atoms with Crippen molar-refractivity contribution in [3.63, 3.8) is 0 Å². The van der Waals surface area contributed by atoms with Crippen molar-refractivity contribution < 1.29 is 18.7 Å². The summed E-state index contributed by atoms with van der Waals surface area (Å²) in [6.07, 6.45) is 0.556. The number of rotatable bonds is 7. The smallest absolute Gasteiger partial charge is 0.262 e. The first-order chi connectivity index (χ1) is 18.0. The van der Waals surface area contributed by atoms with Gasteiger partial charge in [0, 0.05) is 18.5 Å². The molecule has 3 aromatic carbocycles. The van der Waals surface area contributed by atoms with Crippen molar-refractivity contribution in [1.29, 1.82) is 0 Å². The summed E-state index contributed by atoms with van der Waals surface area (Å²) in [5.74, 6) is -0.254. The molecule has 0 radical (unpaired) electrons. The molecule has 0 unspecified atom stereocenters. The summed E-state index contributed by atoms with van der Waals surface area (Å²) in [5.41, 5.74) is 3.31. The van der Waals surface area contributed by atoms with E-state index in [2.05, 4.69) is 10.3 Å². The predicted octanol–water partition coefficient (Wildman–Crippen LogP) is 5.40. The normalized spacial score (nSPS) is 19.0. The molecule has 0 fully saturated rings. The molecule has 2 amide bonds. The Balaban J connectivity index is 1.30. The van der Waals surface area contributed by atoms with E-state index in [0.29, 0.717) is 23.9 Å². The topological polar surface area (TPSA) is 83.4 Å². The van der Waals surface area contributed by atoms with Crippen molar-refractivity contribution in [2.45, 2.75) is 31.1 Å². The largest absolute Gasteiger partial charge is 0.494 e. The van der Waals surface area contributed by atoms with Gasteiger partial charge in [-0.05, 0) is 54.4 Å². The Kier molecular flexibility index (Phi) is 7.32. The first-order valence-corrected chi connectivity index (χ1v) is 12.9. The molecule has 2 aliphatic rings. The van der Waals surface area contributed by atoms with E-state index >= 15 is 0 Å². The number of hydrogen-bond acceptors (Lipinski definition) is 6. The number of anilines is 1. The molecule has 0 aromatic heterocycles. The summed E-state index contributed by atoms with van der Waals surface area (Å²) in [7, 11) is 0. The zero-order chi connectivity index (χ0) is 25.8. The Hall–Kier alpha value is -3.98. The van der Waals surface area contributed by atoms with Crippen molar-refractivity contribution in [3.05, 3.63) is 95.8 Å². The van der Waals surface area contributed by atoms with E-state index in [1.807, 2.05) is 37.3 Å². The Bertz CT molecular complexity index is 1340. The van der Waals surface area contributed by atoms with Gasteiger partial charge < -0.3 is 10.1 Å². The highest BCUT2D eigenvalue weighted by atomic mass is 32.2. The Morgan fingerprint density at radius 1 is 1.08 bits per heavy atom. The maximum absolute atomic E-state index is 13.6. The second-order valence-electron chi connectivity index (χ2n) is 8.58. The lowest BCUT2D eigenvalue weighted by Gasteiger charge is -2.23. The number of ether oxygens (including phenoxy) is 1. The molecule has 0 spiro atoms. The summed E-state index contributed by atoms with van der Waals surface area (Å²) < 4.78 is 19.0. The number of halogens is 1. The van der Waals surface area contributed by atoms with Crippen molar-refractivity contribution in [2.75, 3.05) is 11.9 Å². The third-order valence-electron chi connectivity index (χ3n) is 6.02. The van der Waals surface area contributed by atoms with Crippen LogP contribution in [0, 0.1) is 5.82 Å². The van der Waals surface area contributed by atoms with Crippen LogP contribution in [0.4, 0.5) is 10.1 Å². The van der Waals surface area contributed by atoms with Gasteiger partial charge in [-0.2, -0.15) is 10.1 Å². The third kappa shape index (κ3) is 5.72. The van der Waals surface area contributed by atoms with E-state index in [1.165, 1.54) is 23.9 Å². The first-order valence-electron chi connectivity index (χ1n) is 12.0. The quantitative estimate of drug-likeness (QED) is 0.455. The van der Waals surface area contributed by atoms with Crippen LogP contribution in [-0.2, 0) is 9.59 Å². The number of aliphatic imine (C=N–C) groups is 1. The number of amidine groups is 1. The van der Waals surface area contributed by atoms with E-state index in [4.69, 9.17) is 9.84 Å². The Morgan fingerprint density at radius 2 is 1.81 bits per heavy atom. The lowest BCUT2D eigenvalue weighted by Crippen LogP contribution is -2.25. The number of amides is 2. The van der Waals surface area contributed by atoms with Gasteiger partial charge in [0.2, 0.25) is 5.91 Å². The first kappa shape index (κ1) is 24.7. The van der Waals surface area contributed by atoms with Gasteiger partial charge >= 0.3 is 0 Å². The fraction of sp³-hybridized carbons (Fsp3) is 0.214. The molecule has 7 nitrogen and oxygen atoms in total. The molecule has 2 atom stereocenters. The maximum Gasteiger partial charge on any atom is 0.262 e. The fourth-order valence-corrected chi connectivity index (χ4v) is 5.28. The van der Waals surface area contributed by atoms with Crippen molar-refractivity contribution >= 4 is 40.1 Å². The minimum absolute atomic E-state index is 0.0198. The molecule has 1 N–H and O–H groups in total. The molecule has 9 heteroatoms. The lowest BCUT2D eigenvalue weighted by molar-refractivity contribution is -0.121. The molecular weight excluding hydrogens is 491 g/mol. The average Bonchev–Trinajstić information content (AvgIpc) is 3.50. The monoisotopic (exact) mass is 516 g/mol. The van der Waals surface area contributed by atoms with Crippen LogP contribution in [0.5, 0.6) is 5.75 Å². The molecule has 5 rings (SSSR count). The van der Waals surface area contributed by atoms with Gasteiger partial charge in [0.1, 0.15) is 16.8 Å². The van der Waals surface area contributed by atoms with Crippen LogP contribution in [0.2, 0.25) is 0 Å². The number of nitrogens with one attached hydrogen (secondary N) is 1. The van der Waals surface area contributed by atoms with E-state index in [9.17, 15) is 14.0 Å². The van der Waals surface area contributed by atoms with Gasteiger partial charge in [-0.3, -0.25) is 9.59 Å². The molecule has 37 heavy (non-hydrogen) atoms. The summed E-state index contributed by atoms with van der Waals surface area (Å²) in [5, 5.41) is 9.13. The average molecular weight is 517 g/mol. The highest BCUT2D eigenvalue weighted by Gasteiger charge is 2.39. The maximum atomic E-state index is 13.6. The van der Waals surface area contributed by atoms with E-state index in [0.717, 1.165) is 22.6 Å².